The molecule has 3 aromatic rings. The van der Waals surface area contributed by atoms with E-state index in [0.717, 1.165) is 16.7 Å². The molecule has 0 saturated carbocycles. The number of ether oxygens (including phenoxy) is 2. The molecule has 1 atom stereocenters. The number of anilines is 1. The molecule has 0 aliphatic heterocycles. The number of aryl methyl sites for hydroxylation is 2. The Kier molecular flexibility index (Phi) is 8.40. The first kappa shape index (κ1) is 26.1. The molecule has 1 N–H and O–H groups in total. The summed E-state index contributed by atoms with van der Waals surface area (Å²) in [6.07, 6.45) is 0.625. The summed E-state index contributed by atoms with van der Waals surface area (Å²) < 4.78 is 39.2. The highest BCUT2D eigenvalue weighted by Gasteiger charge is 2.29. The second-order valence-electron chi connectivity index (χ2n) is 8.21. The Labute approximate surface area is 207 Å². The number of amides is 1. The minimum Gasteiger partial charge on any atom is -0.493 e. The molecule has 0 bridgehead atoms. The van der Waals surface area contributed by atoms with Gasteiger partial charge in [0.05, 0.1) is 30.8 Å². The lowest BCUT2D eigenvalue weighted by atomic mass is 10.1. The minimum atomic E-state index is -3.98. The standard InChI is InChI=1S/C27H32N2O5S/c1-6-21-9-7-8-10-24(21)29(35(31,32)23-14-11-19(2)12-15-23)18-27(30)28-20(3)22-13-16-25(33-4)26(17-22)34-5/h7-17,20H,6,18H2,1-5H3,(H,28,30)/t20-/m1/s1. The molecule has 0 heterocycles. The lowest BCUT2D eigenvalue weighted by Crippen LogP contribution is -2.42. The van der Waals surface area contributed by atoms with Crippen LogP contribution in [0.25, 0.3) is 0 Å². The van der Waals surface area contributed by atoms with Crippen LogP contribution in [0.5, 0.6) is 11.5 Å². The number of nitrogens with one attached hydrogen (secondary N) is 1. The average molecular weight is 497 g/mol. The van der Waals surface area contributed by atoms with Gasteiger partial charge in [-0.05, 0) is 61.7 Å². The number of hydrogen-bond donors (Lipinski definition) is 1. The zero-order chi connectivity index (χ0) is 25.6. The molecule has 3 rings (SSSR count). The summed E-state index contributed by atoms with van der Waals surface area (Å²) in [6, 6.07) is 18.9. The van der Waals surface area contributed by atoms with E-state index in [2.05, 4.69) is 5.32 Å². The second kappa shape index (κ2) is 11.3. The molecule has 0 saturated heterocycles. The summed E-state index contributed by atoms with van der Waals surface area (Å²) in [5.74, 6) is 0.710. The second-order valence-corrected chi connectivity index (χ2v) is 10.1. The Hall–Kier alpha value is -3.52. The number of benzene rings is 3. The number of nitrogens with zero attached hydrogens (tertiary/aromatic N) is 1. The van der Waals surface area contributed by atoms with E-state index in [4.69, 9.17) is 9.47 Å². The van der Waals surface area contributed by atoms with E-state index < -0.39 is 15.9 Å². The molecule has 7 nitrogen and oxygen atoms in total. The zero-order valence-electron chi connectivity index (χ0n) is 20.7. The Morgan fingerprint density at radius 2 is 1.63 bits per heavy atom. The van der Waals surface area contributed by atoms with E-state index in [0.29, 0.717) is 23.6 Å². The first-order valence-electron chi connectivity index (χ1n) is 11.4. The molecule has 0 aliphatic rings. The first-order chi connectivity index (χ1) is 16.7. The Morgan fingerprint density at radius 1 is 0.971 bits per heavy atom. The molecule has 0 spiro atoms. The number of methoxy groups -OCH3 is 2. The number of sulfonamides is 1. The van der Waals surface area contributed by atoms with Gasteiger partial charge in [-0.15, -0.1) is 0 Å². The number of hydrogen-bond acceptors (Lipinski definition) is 5. The van der Waals surface area contributed by atoms with Crippen LogP contribution in [0.4, 0.5) is 5.69 Å². The maximum absolute atomic E-state index is 13.7. The third-order valence-electron chi connectivity index (χ3n) is 5.82. The predicted octanol–water partition coefficient (Wildman–Crippen LogP) is 4.65. The molecular weight excluding hydrogens is 464 g/mol. The first-order valence-corrected chi connectivity index (χ1v) is 12.8. The largest absolute Gasteiger partial charge is 0.493 e. The van der Waals surface area contributed by atoms with Crippen LogP contribution in [-0.4, -0.2) is 35.1 Å². The van der Waals surface area contributed by atoms with Gasteiger partial charge in [-0.3, -0.25) is 9.10 Å². The SMILES string of the molecule is CCc1ccccc1N(CC(=O)N[C@H](C)c1ccc(OC)c(OC)c1)S(=O)(=O)c1ccc(C)cc1. The molecule has 35 heavy (non-hydrogen) atoms. The number of para-hydroxylation sites is 1. The molecule has 186 valence electrons. The van der Waals surface area contributed by atoms with Gasteiger partial charge in [0.25, 0.3) is 10.0 Å². The summed E-state index contributed by atoms with van der Waals surface area (Å²) in [6.45, 7) is 5.32. The maximum Gasteiger partial charge on any atom is 0.264 e. The van der Waals surface area contributed by atoms with Crippen LogP contribution in [-0.2, 0) is 21.2 Å². The van der Waals surface area contributed by atoms with Crippen molar-refractivity contribution in [2.45, 2.75) is 38.1 Å². The fourth-order valence-electron chi connectivity index (χ4n) is 3.81. The Morgan fingerprint density at radius 3 is 2.26 bits per heavy atom. The Balaban J connectivity index is 1.92. The van der Waals surface area contributed by atoms with Crippen LogP contribution in [0.2, 0.25) is 0 Å². The number of carbonyl (C=O) groups is 1. The van der Waals surface area contributed by atoms with Crippen molar-refractivity contribution in [2.75, 3.05) is 25.1 Å². The highest BCUT2D eigenvalue weighted by atomic mass is 32.2. The molecule has 0 unspecified atom stereocenters. The van der Waals surface area contributed by atoms with E-state index in [1.54, 1.807) is 62.8 Å². The molecule has 0 fully saturated rings. The molecular formula is C27H32N2O5S. The van der Waals surface area contributed by atoms with Crippen molar-refractivity contribution in [2.24, 2.45) is 0 Å². The molecule has 1 amide bonds. The highest BCUT2D eigenvalue weighted by molar-refractivity contribution is 7.92. The summed E-state index contributed by atoms with van der Waals surface area (Å²) >= 11 is 0. The van der Waals surface area contributed by atoms with E-state index in [1.807, 2.05) is 39.0 Å². The van der Waals surface area contributed by atoms with Gasteiger partial charge < -0.3 is 14.8 Å². The summed E-state index contributed by atoms with van der Waals surface area (Å²) in [5.41, 5.74) is 3.08. The van der Waals surface area contributed by atoms with Gasteiger partial charge in [-0.25, -0.2) is 8.42 Å². The van der Waals surface area contributed by atoms with Gasteiger partial charge in [0.15, 0.2) is 11.5 Å². The average Bonchev–Trinajstić information content (AvgIpc) is 2.86. The van der Waals surface area contributed by atoms with Crippen LogP contribution >= 0.6 is 0 Å². The number of carbonyl (C=O) groups excluding carboxylic acids is 1. The highest BCUT2D eigenvalue weighted by Crippen LogP contribution is 2.30. The molecule has 8 heteroatoms. The number of rotatable bonds is 10. The van der Waals surface area contributed by atoms with Crippen LogP contribution in [0.3, 0.4) is 0 Å². The van der Waals surface area contributed by atoms with E-state index in [-0.39, 0.29) is 17.5 Å². The summed E-state index contributed by atoms with van der Waals surface area (Å²) in [4.78, 5) is 13.3. The van der Waals surface area contributed by atoms with Gasteiger partial charge in [-0.1, -0.05) is 48.9 Å². The van der Waals surface area contributed by atoms with Crippen molar-refractivity contribution in [3.05, 3.63) is 83.4 Å². The molecule has 0 radical (unpaired) electrons. The summed E-state index contributed by atoms with van der Waals surface area (Å²) in [5, 5.41) is 2.91. The van der Waals surface area contributed by atoms with Crippen molar-refractivity contribution in [1.82, 2.24) is 5.32 Å². The topological polar surface area (TPSA) is 84.9 Å². The normalized spacial score (nSPS) is 12.0. The lowest BCUT2D eigenvalue weighted by molar-refractivity contribution is -0.120. The van der Waals surface area contributed by atoms with Crippen LogP contribution < -0.4 is 19.1 Å². The lowest BCUT2D eigenvalue weighted by Gasteiger charge is -2.27. The van der Waals surface area contributed by atoms with Crippen molar-refractivity contribution >= 4 is 21.6 Å². The minimum absolute atomic E-state index is 0.134. The summed E-state index contributed by atoms with van der Waals surface area (Å²) in [7, 11) is -0.882. The van der Waals surface area contributed by atoms with Crippen molar-refractivity contribution in [3.63, 3.8) is 0 Å². The van der Waals surface area contributed by atoms with Gasteiger partial charge in [0.1, 0.15) is 6.54 Å². The fraction of sp³-hybridized carbons (Fsp3) is 0.296. The molecule has 0 aromatic heterocycles. The van der Waals surface area contributed by atoms with Crippen LogP contribution in [0, 0.1) is 6.92 Å². The third-order valence-corrected chi connectivity index (χ3v) is 7.60. The van der Waals surface area contributed by atoms with Gasteiger partial charge in [-0.2, -0.15) is 0 Å². The van der Waals surface area contributed by atoms with Gasteiger partial charge in [0, 0.05) is 0 Å². The smallest absolute Gasteiger partial charge is 0.264 e. The molecule has 0 aliphatic carbocycles. The van der Waals surface area contributed by atoms with Crippen molar-refractivity contribution in [3.8, 4) is 11.5 Å². The fourth-order valence-corrected chi connectivity index (χ4v) is 5.27. The quantitative estimate of drug-likeness (QED) is 0.442. The van der Waals surface area contributed by atoms with E-state index in [9.17, 15) is 13.2 Å². The zero-order valence-corrected chi connectivity index (χ0v) is 21.6. The monoisotopic (exact) mass is 496 g/mol. The van der Waals surface area contributed by atoms with Crippen LogP contribution in [0.15, 0.2) is 71.6 Å². The third kappa shape index (κ3) is 5.95. The maximum atomic E-state index is 13.7. The van der Waals surface area contributed by atoms with E-state index in [1.165, 1.54) is 4.31 Å². The van der Waals surface area contributed by atoms with Crippen molar-refractivity contribution < 1.29 is 22.7 Å². The van der Waals surface area contributed by atoms with E-state index >= 15 is 0 Å². The Bertz CT molecular complexity index is 1270. The van der Waals surface area contributed by atoms with Gasteiger partial charge >= 0.3 is 0 Å². The molecule has 3 aromatic carbocycles. The van der Waals surface area contributed by atoms with Crippen LogP contribution in [0.1, 0.15) is 36.6 Å². The predicted molar refractivity (Wildman–Crippen MR) is 138 cm³/mol. The van der Waals surface area contributed by atoms with Crippen molar-refractivity contribution in [1.29, 1.82) is 0 Å². The van der Waals surface area contributed by atoms with Gasteiger partial charge in [0.2, 0.25) is 5.91 Å².